The van der Waals surface area contributed by atoms with Crippen LogP contribution in [0.15, 0.2) is 18.2 Å². The molecule has 114 valence electrons. The fraction of sp³-hybridized carbons (Fsp3) is 0.562. The molecule has 5 heteroatoms. The number of para-hydroxylation sites is 1. The summed E-state index contributed by atoms with van der Waals surface area (Å²) >= 11 is 0. The van der Waals surface area contributed by atoms with Crippen molar-refractivity contribution in [1.82, 2.24) is 14.5 Å². The first-order chi connectivity index (χ1) is 10.1. The van der Waals surface area contributed by atoms with Crippen LogP contribution < -0.4 is 10.5 Å². The van der Waals surface area contributed by atoms with Gasteiger partial charge in [-0.25, -0.2) is 4.98 Å². The first-order valence-electron chi connectivity index (χ1n) is 7.69. The Kier molecular flexibility index (Phi) is 3.76. The van der Waals surface area contributed by atoms with Gasteiger partial charge in [0.15, 0.2) is 0 Å². The Morgan fingerprint density at radius 3 is 2.95 bits per heavy atom. The molecule has 21 heavy (non-hydrogen) atoms. The number of aromatic nitrogens is 2. The number of nitrogens with two attached hydrogens (primary N) is 1. The number of piperidine rings is 1. The smallest absolute Gasteiger partial charge is 0.201 e. The molecule has 0 bridgehead atoms. The van der Waals surface area contributed by atoms with E-state index in [0.717, 1.165) is 36.3 Å². The van der Waals surface area contributed by atoms with Crippen LogP contribution in [0.2, 0.25) is 0 Å². The Morgan fingerprint density at radius 2 is 2.24 bits per heavy atom. The van der Waals surface area contributed by atoms with Crippen molar-refractivity contribution in [2.45, 2.75) is 26.3 Å². The average Bonchev–Trinajstić information content (AvgIpc) is 2.77. The molecule has 0 spiro atoms. The Bertz CT molecular complexity index is 636. The van der Waals surface area contributed by atoms with Crippen molar-refractivity contribution in [2.75, 3.05) is 32.5 Å². The summed E-state index contributed by atoms with van der Waals surface area (Å²) in [6, 6.07) is 6.47. The van der Waals surface area contributed by atoms with E-state index in [1.54, 1.807) is 0 Å². The molecule has 1 fully saturated rings. The quantitative estimate of drug-likeness (QED) is 0.943. The molecule has 2 heterocycles. The lowest BCUT2D eigenvalue weighted by atomic mass is 9.94. The lowest BCUT2D eigenvalue weighted by Gasteiger charge is -2.36. The summed E-state index contributed by atoms with van der Waals surface area (Å²) in [5.41, 5.74) is 8.19. The number of fused-ring (bicyclic) bond motifs is 1. The summed E-state index contributed by atoms with van der Waals surface area (Å²) in [5, 5.41) is 0. The monoisotopic (exact) mass is 288 g/mol. The van der Waals surface area contributed by atoms with Crippen LogP contribution in [0, 0.1) is 5.92 Å². The lowest BCUT2D eigenvalue weighted by molar-refractivity contribution is 0.162. The van der Waals surface area contributed by atoms with Gasteiger partial charge in [-0.05, 0) is 45.0 Å². The fourth-order valence-corrected chi connectivity index (χ4v) is 3.46. The molecule has 5 nitrogen and oxygen atoms in total. The topological polar surface area (TPSA) is 56.3 Å². The zero-order chi connectivity index (χ0) is 15.0. The number of benzene rings is 1. The number of anilines is 1. The average molecular weight is 288 g/mol. The highest BCUT2D eigenvalue weighted by molar-refractivity contribution is 5.84. The van der Waals surface area contributed by atoms with Crippen molar-refractivity contribution in [3.63, 3.8) is 0 Å². The van der Waals surface area contributed by atoms with Crippen molar-refractivity contribution in [1.29, 1.82) is 0 Å². The first kappa shape index (κ1) is 14.2. The molecule has 2 unspecified atom stereocenters. The summed E-state index contributed by atoms with van der Waals surface area (Å²) < 4.78 is 7.88. The van der Waals surface area contributed by atoms with Crippen LogP contribution in [0.4, 0.5) is 5.95 Å². The molecule has 1 aromatic carbocycles. The van der Waals surface area contributed by atoms with E-state index < -0.39 is 0 Å². The van der Waals surface area contributed by atoms with E-state index in [4.69, 9.17) is 10.5 Å². The number of nitrogen functional groups attached to an aromatic ring is 1. The predicted molar refractivity (Wildman–Crippen MR) is 85.6 cm³/mol. The summed E-state index contributed by atoms with van der Waals surface area (Å²) in [6.07, 6.45) is 1.10. The van der Waals surface area contributed by atoms with Crippen LogP contribution in [-0.2, 0) is 0 Å². The summed E-state index contributed by atoms with van der Waals surface area (Å²) in [4.78, 5) is 6.94. The van der Waals surface area contributed by atoms with Gasteiger partial charge in [-0.15, -0.1) is 0 Å². The number of rotatable bonds is 3. The minimum Gasteiger partial charge on any atom is -0.492 e. The number of hydrogen-bond donors (Lipinski definition) is 1. The number of imidazole rings is 1. The maximum atomic E-state index is 6.23. The molecule has 2 aromatic rings. The molecular formula is C16H24N4O. The van der Waals surface area contributed by atoms with Crippen molar-refractivity contribution < 1.29 is 4.74 Å². The first-order valence-corrected chi connectivity index (χ1v) is 7.69. The van der Waals surface area contributed by atoms with E-state index in [0.29, 0.717) is 24.5 Å². The third kappa shape index (κ3) is 2.46. The minimum atomic E-state index is 0.406. The molecule has 3 rings (SSSR count). The zero-order valence-electron chi connectivity index (χ0n) is 13.0. The molecule has 2 atom stereocenters. The SMILES string of the molecule is CCOc1cccc2c1nc(N)n2C1CCN(C)CC1C. The van der Waals surface area contributed by atoms with Gasteiger partial charge in [-0.2, -0.15) is 0 Å². The lowest BCUT2D eigenvalue weighted by Crippen LogP contribution is -2.38. The molecular weight excluding hydrogens is 264 g/mol. The van der Waals surface area contributed by atoms with Gasteiger partial charge in [0.2, 0.25) is 5.95 Å². The second-order valence-corrected chi connectivity index (χ2v) is 5.99. The Hall–Kier alpha value is -1.75. The van der Waals surface area contributed by atoms with Crippen LogP contribution in [0.1, 0.15) is 26.3 Å². The minimum absolute atomic E-state index is 0.406. The van der Waals surface area contributed by atoms with E-state index in [1.165, 1.54) is 0 Å². The number of ether oxygens (including phenoxy) is 1. The van der Waals surface area contributed by atoms with Crippen molar-refractivity contribution in [3.05, 3.63) is 18.2 Å². The fourth-order valence-electron chi connectivity index (χ4n) is 3.46. The maximum absolute atomic E-state index is 6.23. The van der Waals surface area contributed by atoms with Gasteiger partial charge in [0.25, 0.3) is 0 Å². The largest absolute Gasteiger partial charge is 0.492 e. The van der Waals surface area contributed by atoms with Crippen LogP contribution >= 0.6 is 0 Å². The van der Waals surface area contributed by atoms with Crippen LogP contribution in [0.3, 0.4) is 0 Å². The highest BCUT2D eigenvalue weighted by atomic mass is 16.5. The second-order valence-electron chi connectivity index (χ2n) is 5.99. The van der Waals surface area contributed by atoms with Crippen molar-refractivity contribution in [3.8, 4) is 5.75 Å². The molecule has 0 aliphatic carbocycles. The van der Waals surface area contributed by atoms with Crippen molar-refractivity contribution in [2.24, 2.45) is 5.92 Å². The maximum Gasteiger partial charge on any atom is 0.201 e. The zero-order valence-corrected chi connectivity index (χ0v) is 13.0. The van der Waals surface area contributed by atoms with Gasteiger partial charge in [-0.1, -0.05) is 13.0 Å². The Morgan fingerprint density at radius 1 is 1.43 bits per heavy atom. The predicted octanol–water partition coefficient (Wildman–Crippen LogP) is 2.53. The summed E-state index contributed by atoms with van der Waals surface area (Å²) in [5.74, 6) is 1.97. The highest BCUT2D eigenvalue weighted by Gasteiger charge is 2.28. The van der Waals surface area contributed by atoms with Crippen LogP contribution in [0.5, 0.6) is 5.75 Å². The number of nitrogens with zero attached hydrogens (tertiary/aromatic N) is 3. The van der Waals surface area contributed by atoms with Gasteiger partial charge in [-0.3, -0.25) is 0 Å². The van der Waals surface area contributed by atoms with Crippen LogP contribution in [-0.4, -0.2) is 41.2 Å². The third-order valence-corrected chi connectivity index (χ3v) is 4.40. The van der Waals surface area contributed by atoms with E-state index in [9.17, 15) is 0 Å². The van der Waals surface area contributed by atoms with Gasteiger partial charge >= 0.3 is 0 Å². The standard InChI is InChI=1S/C16H24N4O/c1-4-21-14-7-5-6-13-15(14)18-16(17)20(13)12-8-9-19(3)10-11(12)2/h5-7,11-12H,4,8-10H2,1-3H3,(H2,17,18). The molecule has 1 saturated heterocycles. The van der Waals surface area contributed by atoms with Crippen molar-refractivity contribution >= 4 is 17.0 Å². The van der Waals surface area contributed by atoms with E-state index in [2.05, 4.69) is 34.5 Å². The van der Waals surface area contributed by atoms with Gasteiger partial charge in [0.1, 0.15) is 11.3 Å². The Labute approximate surface area is 125 Å². The molecule has 0 saturated carbocycles. The van der Waals surface area contributed by atoms with Gasteiger partial charge in [0.05, 0.1) is 12.1 Å². The summed E-state index contributed by atoms with van der Waals surface area (Å²) in [6.45, 7) is 7.10. The van der Waals surface area contributed by atoms with Gasteiger partial charge < -0.3 is 19.9 Å². The molecule has 1 aliphatic heterocycles. The van der Waals surface area contributed by atoms with Crippen LogP contribution in [0.25, 0.3) is 11.0 Å². The number of likely N-dealkylation sites (tertiary alicyclic amines) is 1. The highest BCUT2D eigenvalue weighted by Crippen LogP contribution is 2.35. The normalized spacial score (nSPS) is 23.6. The molecule has 1 aliphatic rings. The summed E-state index contributed by atoms with van der Waals surface area (Å²) in [7, 11) is 2.18. The van der Waals surface area contributed by atoms with E-state index >= 15 is 0 Å². The molecule has 0 radical (unpaired) electrons. The molecule has 2 N–H and O–H groups in total. The second kappa shape index (κ2) is 5.56. The molecule has 0 amide bonds. The van der Waals surface area contributed by atoms with E-state index in [-0.39, 0.29) is 0 Å². The third-order valence-electron chi connectivity index (χ3n) is 4.40. The van der Waals surface area contributed by atoms with E-state index in [1.807, 2.05) is 19.1 Å². The number of hydrogen-bond acceptors (Lipinski definition) is 4. The Balaban J connectivity index is 2.06. The van der Waals surface area contributed by atoms with Gasteiger partial charge in [0, 0.05) is 12.6 Å². The molecule has 1 aromatic heterocycles.